The third-order valence-electron chi connectivity index (χ3n) is 3.16. The fraction of sp³-hybridized carbons (Fsp3) is 0.583. The lowest BCUT2D eigenvalue weighted by Gasteiger charge is -2.16. The van der Waals surface area contributed by atoms with Gasteiger partial charge < -0.3 is 0 Å². The van der Waals surface area contributed by atoms with Crippen LogP contribution in [0.25, 0.3) is 0 Å². The van der Waals surface area contributed by atoms with Gasteiger partial charge in [0.1, 0.15) is 0 Å². The number of allylic oxidation sites excluding steroid dienone is 2. The molecule has 0 unspecified atom stereocenters. The first-order valence-electron chi connectivity index (χ1n) is 4.66. The number of hydrogen-bond acceptors (Lipinski definition) is 1. The fourth-order valence-electron chi connectivity index (χ4n) is 2.27. The summed E-state index contributed by atoms with van der Waals surface area (Å²) in [6.07, 6.45) is 4.81. The summed E-state index contributed by atoms with van der Waals surface area (Å²) in [6.45, 7) is 11.7. The molecule has 0 aromatic rings. The Balaban J connectivity index is 2.77. The van der Waals surface area contributed by atoms with Gasteiger partial charge in [-0.15, -0.1) is 13.2 Å². The maximum atomic E-state index is 9.03. The van der Waals surface area contributed by atoms with E-state index < -0.39 is 0 Å². The van der Waals surface area contributed by atoms with Crippen LogP contribution >= 0.6 is 0 Å². The molecule has 1 aliphatic rings. The predicted octanol–water partition coefficient (Wildman–Crippen LogP) is 3.45. The molecule has 0 bridgehead atoms. The normalized spacial score (nSPS) is 36.4. The summed E-state index contributed by atoms with van der Waals surface area (Å²) in [5.74, 6) is 0. The molecule has 1 heteroatoms. The summed E-state index contributed by atoms with van der Waals surface area (Å²) in [7, 11) is 0. The Hall–Kier alpha value is -1.03. The molecule has 0 aromatic carbocycles. The molecular formula is C12H17N. The second-order valence-corrected chi connectivity index (χ2v) is 4.53. The lowest BCUT2D eigenvalue weighted by molar-refractivity contribution is 0.420. The minimum atomic E-state index is -0.139. The smallest absolute Gasteiger partial charge is 0.0693 e. The van der Waals surface area contributed by atoms with Gasteiger partial charge in [0.15, 0.2) is 0 Å². The maximum absolute atomic E-state index is 9.03. The minimum absolute atomic E-state index is 0.139. The fourth-order valence-corrected chi connectivity index (χ4v) is 2.27. The minimum Gasteiger partial charge on any atom is -0.198 e. The average Bonchev–Trinajstić information content (AvgIpc) is 2.56. The molecule has 1 nitrogen and oxygen atoms in total. The largest absolute Gasteiger partial charge is 0.198 e. The molecule has 0 heterocycles. The Morgan fingerprint density at radius 1 is 1.69 bits per heavy atom. The number of hydrogen-bond donors (Lipinski definition) is 0. The van der Waals surface area contributed by atoms with E-state index >= 15 is 0 Å². The zero-order chi connectivity index (χ0) is 10.1. The third-order valence-corrected chi connectivity index (χ3v) is 3.16. The average molecular weight is 175 g/mol. The Kier molecular flexibility index (Phi) is 2.34. The van der Waals surface area contributed by atoms with E-state index in [2.05, 4.69) is 19.2 Å². The van der Waals surface area contributed by atoms with Crippen LogP contribution in [-0.4, -0.2) is 0 Å². The van der Waals surface area contributed by atoms with Crippen LogP contribution < -0.4 is 0 Å². The molecule has 1 rings (SSSR count). The van der Waals surface area contributed by atoms with Crippen molar-refractivity contribution in [2.45, 2.75) is 33.1 Å². The lowest BCUT2D eigenvalue weighted by Crippen LogP contribution is -2.09. The molecule has 1 saturated carbocycles. The van der Waals surface area contributed by atoms with Crippen molar-refractivity contribution in [1.29, 1.82) is 5.26 Å². The first kappa shape index (κ1) is 10.1. The zero-order valence-electron chi connectivity index (χ0n) is 8.56. The van der Waals surface area contributed by atoms with E-state index in [4.69, 9.17) is 5.26 Å². The summed E-state index contributed by atoms with van der Waals surface area (Å²) in [6, 6.07) is 2.41. The lowest BCUT2D eigenvalue weighted by atomic mass is 9.86. The number of nitrogens with zero attached hydrogens (tertiary/aromatic N) is 1. The zero-order valence-corrected chi connectivity index (χ0v) is 8.56. The van der Waals surface area contributed by atoms with Gasteiger partial charge in [-0.2, -0.15) is 5.26 Å². The molecule has 70 valence electrons. The highest BCUT2D eigenvalue weighted by Crippen LogP contribution is 2.68. The van der Waals surface area contributed by atoms with Crippen LogP contribution in [0.4, 0.5) is 0 Å². The Bertz CT molecular complexity index is 284. The van der Waals surface area contributed by atoms with Crippen molar-refractivity contribution in [1.82, 2.24) is 0 Å². The van der Waals surface area contributed by atoms with Crippen LogP contribution in [-0.2, 0) is 0 Å². The summed E-state index contributed by atoms with van der Waals surface area (Å²) in [5, 5.41) is 9.03. The first-order chi connectivity index (χ1) is 5.99. The van der Waals surface area contributed by atoms with Gasteiger partial charge in [0.25, 0.3) is 0 Å². The Morgan fingerprint density at radius 3 is 2.62 bits per heavy atom. The van der Waals surface area contributed by atoms with E-state index in [0.717, 1.165) is 19.3 Å². The molecule has 13 heavy (non-hydrogen) atoms. The van der Waals surface area contributed by atoms with Gasteiger partial charge in [0.2, 0.25) is 0 Å². The summed E-state index contributed by atoms with van der Waals surface area (Å²) in [4.78, 5) is 0. The van der Waals surface area contributed by atoms with Crippen LogP contribution in [0.3, 0.4) is 0 Å². The van der Waals surface area contributed by atoms with Crippen molar-refractivity contribution < 1.29 is 0 Å². The molecule has 0 amide bonds. The molecule has 0 aliphatic heterocycles. The predicted molar refractivity (Wildman–Crippen MR) is 55.0 cm³/mol. The maximum Gasteiger partial charge on any atom is 0.0693 e. The Labute approximate surface area is 80.8 Å². The van der Waals surface area contributed by atoms with Crippen LogP contribution in [0, 0.1) is 22.2 Å². The van der Waals surface area contributed by atoms with E-state index in [0.29, 0.717) is 0 Å². The van der Waals surface area contributed by atoms with Crippen LogP contribution in [0.5, 0.6) is 0 Å². The molecule has 0 saturated heterocycles. The van der Waals surface area contributed by atoms with E-state index in [-0.39, 0.29) is 10.8 Å². The van der Waals surface area contributed by atoms with E-state index in [1.807, 2.05) is 19.9 Å². The second kappa shape index (κ2) is 3.03. The van der Waals surface area contributed by atoms with Gasteiger partial charge in [-0.25, -0.2) is 0 Å². The van der Waals surface area contributed by atoms with Gasteiger partial charge >= 0.3 is 0 Å². The van der Waals surface area contributed by atoms with Crippen molar-refractivity contribution in [2.75, 3.05) is 0 Å². The molecule has 1 fully saturated rings. The highest BCUT2D eigenvalue weighted by atomic mass is 14.7. The van der Waals surface area contributed by atoms with Crippen LogP contribution in [0.15, 0.2) is 24.8 Å². The van der Waals surface area contributed by atoms with E-state index in [9.17, 15) is 0 Å². The first-order valence-corrected chi connectivity index (χ1v) is 4.66. The summed E-state index contributed by atoms with van der Waals surface area (Å²) < 4.78 is 0. The molecule has 1 aliphatic carbocycles. The standard InChI is InChI=1S/C12H17N/c1-5-6-12(7-10(2)3)8-11(12,4)9-13/h5H,1-2,6-8H2,3-4H3/t11-,12-/m1/s1. The topological polar surface area (TPSA) is 23.8 Å². The highest BCUT2D eigenvalue weighted by Gasteiger charge is 2.63. The summed E-state index contributed by atoms with van der Waals surface area (Å²) >= 11 is 0. The van der Waals surface area contributed by atoms with Crippen molar-refractivity contribution in [3.63, 3.8) is 0 Å². The van der Waals surface area contributed by atoms with Crippen molar-refractivity contribution in [3.8, 4) is 6.07 Å². The molecule has 0 N–H and O–H groups in total. The molecular weight excluding hydrogens is 158 g/mol. The van der Waals surface area contributed by atoms with Crippen LogP contribution in [0.1, 0.15) is 33.1 Å². The van der Waals surface area contributed by atoms with Crippen molar-refractivity contribution in [2.24, 2.45) is 10.8 Å². The van der Waals surface area contributed by atoms with E-state index in [1.54, 1.807) is 0 Å². The molecule has 0 aromatic heterocycles. The van der Waals surface area contributed by atoms with E-state index in [1.165, 1.54) is 5.57 Å². The van der Waals surface area contributed by atoms with Gasteiger partial charge in [-0.05, 0) is 38.5 Å². The van der Waals surface area contributed by atoms with Gasteiger partial charge in [-0.1, -0.05) is 11.6 Å². The molecule has 2 atom stereocenters. The SMILES string of the molecule is C=CC[C@@]1(CC(=C)C)C[C@]1(C)C#N. The summed E-state index contributed by atoms with van der Waals surface area (Å²) in [5.41, 5.74) is 1.18. The number of nitriles is 1. The molecule has 0 spiro atoms. The number of rotatable bonds is 4. The highest BCUT2D eigenvalue weighted by molar-refractivity contribution is 5.26. The second-order valence-electron chi connectivity index (χ2n) is 4.53. The van der Waals surface area contributed by atoms with Gasteiger partial charge in [-0.3, -0.25) is 0 Å². The third kappa shape index (κ3) is 1.54. The monoisotopic (exact) mass is 175 g/mol. The molecule has 0 radical (unpaired) electrons. The van der Waals surface area contributed by atoms with Crippen LogP contribution in [0.2, 0.25) is 0 Å². The van der Waals surface area contributed by atoms with Crippen molar-refractivity contribution in [3.05, 3.63) is 24.8 Å². The van der Waals surface area contributed by atoms with Gasteiger partial charge in [0, 0.05) is 0 Å². The van der Waals surface area contributed by atoms with Gasteiger partial charge in [0.05, 0.1) is 11.5 Å². The van der Waals surface area contributed by atoms with Crippen molar-refractivity contribution >= 4 is 0 Å². The quantitative estimate of drug-likeness (QED) is 0.600. The Morgan fingerprint density at radius 2 is 2.31 bits per heavy atom.